The Hall–Kier alpha value is -1.84. The molecular formula is C25H40O4. The molecule has 0 fully saturated rings. The molecule has 0 saturated heterocycles. The first kappa shape index (κ1) is 25.2. The van der Waals surface area contributed by atoms with Crippen LogP contribution in [0.25, 0.3) is 0 Å². The van der Waals surface area contributed by atoms with E-state index in [1.165, 1.54) is 51.0 Å². The van der Waals surface area contributed by atoms with Crippen LogP contribution in [-0.4, -0.2) is 22.2 Å². The number of carbonyl (C=O) groups is 2. The van der Waals surface area contributed by atoms with Gasteiger partial charge in [0.2, 0.25) is 0 Å². The van der Waals surface area contributed by atoms with Crippen LogP contribution in [0.5, 0.6) is 0 Å². The van der Waals surface area contributed by atoms with Crippen molar-refractivity contribution in [2.75, 3.05) is 0 Å². The topological polar surface area (TPSA) is 74.6 Å². The zero-order valence-corrected chi connectivity index (χ0v) is 18.6. The lowest BCUT2D eigenvalue weighted by molar-refractivity contribution is 0.0650. The molecule has 0 aliphatic rings. The summed E-state index contributed by atoms with van der Waals surface area (Å²) in [4.78, 5) is 23.2. The molecule has 4 heteroatoms. The van der Waals surface area contributed by atoms with Gasteiger partial charge < -0.3 is 10.2 Å². The van der Waals surface area contributed by atoms with Crippen LogP contribution in [0.1, 0.15) is 123 Å². The molecule has 0 amide bonds. The van der Waals surface area contributed by atoms with Crippen LogP contribution in [0.4, 0.5) is 0 Å². The molecule has 0 unspecified atom stereocenters. The molecule has 4 nitrogen and oxygen atoms in total. The standard InChI is InChI=1S/C25H40O4/c1-4-14-20-17-18-22(24(26)27)23(25(28)29)21(20)16-13-11-9-7-5-6-8-10-12-15-19(2)3/h17-19H,4-16H2,1-3H3,(H,26,27)(H,28,29). The molecule has 2 N–H and O–H groups in total. The molecule has 1 aromatic rings. The Morgan fingerprint density at radius 2 is 1.34 bits per heavy atom. The average molecular weight is 405 g/mol. The highest BCUT2D eigenvalue weighted by Crippen LogP contribution is 2.24. The molecule has 0 bridgehead atoms. The van der Waals surface area contributed by atoms with Gasteiger partial charge in [-0.05, 0) is 42.4 Å². The summed E-state index contributed by atoms with van der Waals surface area (Å²) in [5.41, 5.74) is 1.61. The molecule has 0 saturated carbocycles. The molecule has 0 aliphatic heterocycles. The van der Waals surface area contributed by atoms with E-state index in [0.29, 0.717) is 6.42 Å². The lowest BCUT2D eigenvalue weighted by atomic mass is 9.90. The number of aromatic carboxylic acids is 2. The average Bonchev–Trinajstić information content (AvgIpc) is 2.66. The van der Waals surface area contributed by atoms with Crippen molar-refractivity contribution in [3.05, 3.63) is 34.4 Å². The van der Waals surface area contributed by atoms with E-state index < -0.39 is 11.9 Å². The van der Waals surface area contributed by atoms with Crippen LogP contribution in [0.3, 0.4) is 0 Å². The van der Waals surface area contributed by atoms with Crippen LogP contribution >= 0.6 is 0 Å². The van der Waals surface area contributed by atoms with Crippen LogP contribution < -0.4 is 0 Å². The summed E-state index contributed by atoms with van der Waals surface area (Å²) in [6.07, 6.45) is 14.6. The van der Waals surface area contributed by atoms with Crippen molar-refractivity contribution in [1.29, 1.82) is 0 Å². The van der Waals surface area contributed by atoms with Gasteiger partial charge >= 0.3 is 11.9 Å². The molecule has 1 rings (SSSR count). The number of carboxylic acid groups (broad SMARTS) is 2. The van der Waals surface area contributed by atoms with Crippen molar-refractivity contribution in [1.82, 2.24) is 0 Å². The highest BCUT2D eigenvalue weighted by atomic mass is 16.4. The zero-order valence-electron chi connectivity index (χ0n) is 18.6. The lowest BCUT2D eigenvalue weighted by Crippen LogP contribution is -2.14. The SMILES string of the molecule is CCCc1ccc(C(=O)O)c(C(=O)O)c1CCCCCCCCCCCC(C)C. The van der Waals surface area contributed by atoms with Crippen molar-refractivity contribution >= 4 is 11.9 Å². The van der Waals surface area contributed by atoms with Crippen molar-refractivity contribution in [2.45, 2.75) is 104 Å². The molecule has 0 spiro atoms. The minimum absolute atomic E-state index is 0.00940. The number of benzene rings is 1. The number of unbranched alkanes of at least 4 members (excludes halogenated alkanes) is 8. The Balaban J connectivity index is 2.46. The molecule has 0 atom stereocenters. The van der Waals surface area contributed by atoms with E-state index in [2.05, 4.69) is 20.8 Å². The third-order valence-corrected chi connectivity index (χ3v) is 5.58. The van der Waals surface area contributed by atoms with Crippen molar-refractivity contribution in [3.63, 3.8) is 0 Å². The molecule has 0 aliphatic carbocycles. The fraction of sp³-hybridized carbons (Fsp3) is 0.680. The predicted molar refractivity (Wildman–Crippen MR) is 119 cm³/mol. The molecule has 164 valence electrons. The van der Waals surface area contributed by atoms with Gasteiger partial charge in [0.25, 0.3) is 0 Å². The molecule has 0 heterocycles. The molecule has 0 radical (unpaired) electrons. The summed E-state index contributed by atoms with van der Waals surface area (Å²) in [6.45, 7) is 6.61. The van der Waals surface area contributed by atoms with Crippen molar-refractivity contribution < 1.29 is 19.8 Å². The second kappa shape index (κ2) is 14.2. The van der Waals surface area contributed by atoms with Gasteiger partial charge in [-0.2, -0.15) is 0 Å². The van der Waals surface area contributed by atoms with E-state index in [9.17, 15) is 19.8 Å². The number of rotatable bonds is 16. The quantitative estimate of drug-likeness (QED) is 0.287. The Morgan fingerprint density at radius 3 is 1.83 bits per heavy atom. The summed E-state index contributed by atoms with van der Waals surface area (Å²) in [6, 6.07) is 3.25. The third kappa shape index (κ3) is 9.47. The molecule has 0 aromatic heterocycles. The Kier molecular flexibility index (Phi) is 12.3. The van der Waals surface area contributed by atoms with Gasteiger partial charge in [0.05, 0.1) is 11.1 Å². The highest BCUT2D eigenvalue weighted by Gasteiger charge is 2.22. The van der Waals surface area contributed by atoms with E-state index in [0.717, 1.165) is 49.1 Å². The zero-order chi connectivity index (χ0) is 21.6. The maximum absolute atomic E-state index is 11.8. The number of carboxylic acids is 2. The van der Waals surface area contributed by atoms with Gasteiger partial charge in [-0.15, -0.1) is 0 Å². The Bertz CT molecular complexity index is 634. The first-order valence-electron chi connectivity index (χ1n) is 11.5. The summed E-state index contributed by atoms with van der Waals surface area (Å²) in [5, 5.41) is 19.0. The third-order valence-electron chi connectivity index (χ3n) is 5.58. The Labute approximate surface area is 176 Å². The smallest absolute Gasteiger partial charge is 0.336 e. The molecule has 29 heavy (non-hydrogen) atoms. The van der Waals surface area contributed by atoms with Gasteiger partial charge in [0.1, 0.15) is 0 Å². The van der Waals surface area contributed by atoms with E-state index in [1.54, 1.807) is 6.07 Å². The van der Waals surface area contributed by atoms with Crippen LogP contribution in [0, 0.1) is 5.92 Å². The molecular weight excluding hydrogens is 364 g/mol. The monoisotopic (exact) mass is 404 g/mol. The van der Waals surface area contributed by atoms with Crippen LogP contribution in [-0.2, 0) is 12.8 Å². The van der Waals surface area contributed by atoms with Gasteiger partial charge in [-0.3, -0.25) is 0 Å². The van der Waals surface area contributed by atoms with Crippen LogP contribution in [0.15, 0.2) is 12.1 Å². The van der Waals surface area contributed by atoms with Crippen molar-refractivity contribution in [3.8, 4) is 0 Å². The van der Waals surface area contributed by atoms with E-state index >= 15 is 0 Å². The van der Waals surface area contributed by atoms with Gasteiger partial charge in [-0.1, -0.05) is 91.0 Å². The second-order valence-corrected chi connectivity index (χ2v) is 8.60. The maximum Gasteiger partial charge on any atom is 0.336 e. The van der Waals surface area contributed by atoms with Gasteiger partial charge in [0.15, 0.2) is 0 Å². The number of hydrogen-bond donors (Lipinski definition) is 2. The van der Waals surface area contributed by atoms with E-state index in [4.69, 9.17) is 0 Å². The minimum Gasteiger partial charge on any atom is -0.478 e. The number of aryl methyl sites for hydroxylation is 1. The first-order valence-corrected chi connectivity index (χ1v) is 11.5. The number of hydrogen-bond acceptors (Lipinski definition) is 2. The summed E-state index contributed by atoms with van der Waals surface area (Å²) in [7, 11) is 0. The van der Waals surface area contributed by atoms with Gasteiger partial charge in [0, 0.05) is 0 Å². The summed E-state index contributed by atoms with van der Waals surface area (Å²) >= 11 is 0. The van der Waals surface area contributed by atoms with Crippen LogP contribution in [0.2, 0.25) is 0 Å². The Morgan fingerprint density at radius 1 is 0.793 bits per heavy atom. The normalized spacial score (nSPS) is 11.2. The lowest BCUT2D eigenvalue weighted by Gasteiger charge is -2.15. The summed E-state index contributed by atoms with van der Waals surface area (Å²) < 4.78 is 0. The van der Waals surface area contributed by atoms with Crippen molar-refractivity contribution in [2.24, 2.45) is 5.92 Å². The maximum atomic E-state index is 11.8. The van der Waals surface area contributed by atoms with E-state index in [1.807, 2.05) is 0 Å². The highest BCUT2D eigenvalue weighted by molar-refractivity contribution is 6.03. The first-order chi connectivity index (χ1) is 13.9. The van der Waals surface area contributed by atoms with E-state index in [-0.39, 0.29) is 11.1 Å². The summed E-state index contributed by atoms with van der Waals surface area (Å²) in [5.74, 6) is -1.49. The predicted octanol–water partition coefficient (Wildman–Crippen LogP) is 7.14. The fourth-order valence-corrected chi connectivity index (χ4v) is 3.99. The largest absolute Gasteiger partial charge is 0.478 e. The second-order valence-electron chi connectivity index (χ2n) is 8.60. The molecule has 1 aromatic carbocycles. The van der Waals surface area contributed by atoms with Gasteiger partial charge in [-0.25, -0.2) is 9.59 Å². The fourth-order valence-electron chi connectivity index (χ4n) is 3.99. The minimum atomic E-state index is -1.17.